The molecule has 0 amide bonds. The molecule has 3 rings (SSSR count). The van der Waals surface area contributed by atoms with Gasteiger partial charge in [0.25, 0.3) is 0 Å². The summed E-state index contributed by atoms with van der Waals surface area (Å²) >= 11 is 0. The fourth-order valence-electron chi connectivity index (χ4n) is 5.52. The molecular weight excluding hydrogens is 208 g/mol. The number of hydrogen-bond acceptors (Lipinski definition) is 1. The third-order valence-electron chi connectivity index (χ3n) is 7.16. The summed E-state index contributed by atoms with van der Waals surface area (Å²) in [5, 5.41) is 10.3. The van der Waals surface area contributed by atoms with Crippen LogP contribution in [0.1, 0.15) is 65.7 Å². The van der Waals surface area contributed by atoms with E-state index >= 15 is 0 Å². The molecule has 0 heterocycles. The molecule has 3 aliphatic rings. The number of hydrogen-bond donors (Lipinski definition) is 1. The van der Waals surface area contributed by atoms with Crippen molar-refractivity contribution in [3.05, 3.63) is 0 Å². The zero-order valence-electron chi connectivity index (χ0n) is 11.7. The van der Waals surface area contributed by atoms with Crippen molar-refractivity contribution < 1.29 is 5.11 Å². The second kappa shape index (κ2) is 3.73. The first-order valence-corrected chi connectivity index (χ1v) is 7.65. The van der Waals surface area contributed by atoms with E-state index in [4.69, 9.17) is 0 Å². The average Bonchev–Trinajstić information content (AvgIpc) is 2.62. The van der Waals surface area contributed by atoms with Crippen LogP contribution < -0.4 is 0 Å². The van der Waals surface area contributed by atoms with Gasteiger partial charge < -0.3 is 5.11 Å². The van der Waals surface area contributed by atoms with Crippen LogP contribution in [0.25, 0.3) is 0 Å². The lowest BCUT2D eigenvalue weighted by atomic mass is 9.60. The second-order valence-electron chi connectivity index (χ2n) is 7.73. The molecule has 0 aromatic heterocycles. The maximum Gasteiger partial charge on any atom is 0.0571 e. The standard InChI is InChI=1S/C16H28O/c1-15(2)11-8-9-16(15,3)13(10-11)12-6-4-5-7-14(12)17/h11-14,17H,4-10H2,1-3H3/t11-,12?,13+,14?,16+/m1/s1. The summed E-state index contributed by atoms with van der Waals surface area (Å²) in [6.45, 7) is 7.49. The first-order valence-electron chi connectivity index (χ1n) is 7.65. The first kappa shape index (κ1) is 12.0. The van der Waals surface area contributed by atoms with Crippen LogP contribution in [0.2, 0.25) is 0 Å². The van der Waals surface area contributed by atoms with Crippen LogP contribution in [0.15, 0.2) is 0 Å². The van der Waals surface area contributed by atoms with E-state index in [1.807, 2.05) is 0 Å². The summed E-state index contributed by atoms with van der Waals surface area (Å²) < 4.78 is 0. The number of rotatable bonds is 1. The van der Waals surface area contributed by atoms with Gasteiger partial charge >= 0.3 is 0 Å². The largest absolute Gasteiger partial charge is 0.393 e. The molecule has 1 nitrogen and oxygen atoms in total. The molecule has 98 valence electrons. The zero-order valence-corrected chi connectivity index (χ0v) is 11.7. The fourth-order valence-corrected chi connectivity index (χ4v) is 5.52. The minimum Gasteiger partial charge on any atom is -0.393 e. The average molecular weight is 236 g/mol. The molecule has 1 N–H and O–H groups in total. The Morgan fingerprint density at radius 1 is 1.00 bits per heavy atom. The van der Waals surface area contributed by atoms with Gasteiger partial charge in [0.2, 0.25) is 0 Å². The Morgan fingerprint density at radius 3 is 2.24 bits per heavy atom. The van der Waals surface area contributed by atoms with E-state index in [2.05, 4.69) is 20.8 Å². The number of fused-ring (bicyclic) bond motifs is 2. The zero-order chi connectivity index (χ0) is 12.3. The normalized spacial score (nSPS) is 52.9. The fraction of sp³-hybridized carbons (Fsp3) is 1.00. The van der Waals surface area contributed by atoms with Crippen molar-refractivity contribution in [1.29, 1.82) is 0 Å². The highest BCUT2D eigenvalue weighted by Crippen LogP contribution is 2.70. The predicted molar refractivity (Wildman–Crippen MR) is 70.7 cm³/mol. The Balaban J connectivity index is 1.86. The molecule has 1 heteroatoms. The van der Waals surface area contributed by atoms with Crippen molar-refractivity contribution in [3.8, 4) is 0 Å². The predicted octanol–water partition coefficient (Wildman–Crippen LogP) is 4.00. The van der Waals surface area contributed by atoms with Crippen molar-refractivity contribution in [2.24, 2.45) is 28.6 Å². The van der Waals surface area contributed by atoms with Gasteiger partial charge in [0.1, 0.15) is 0 Å². The van der Waals surface area contributed by atoms with Gasteiger partial charge in [-0.25, -0.2) is 0 Å². The summed E-state index contributed by atoms with van der Waals surface area (Å²) in [6, 6.07) is 0. The molecule has 3 aliphatic carbocycles. The quantitative estimate of drug-likeness (QED) is 0.729. The molecule has 3 saturated carbocycles. The third kappa shape index (κ3) is 1.47. The lowest BCUT2D eigenvalue weighted by molar-refractivity contribution is -0.0209. The van der Waals surface area contributed by atoms with Crippen LogP contribution in [-0.4, -0.2) is 11.2 Å². The molecule has 0 spiro atoms. The summed E-state index contributed by atoms with van der Waals surface area (Å²) in [6.07, 6.45) is 9.16. The van der Waals surface area contributed by atoms with Gasteiger partial charge in [0, 0.05) is 0 Å². The molecule has 2 unspecified atom stereocenters. The summed E-state index contributed by atoms with van der Waals surface area (Å²) in [5.41, 5.74) is 1.01. The van der Waals surface area contributed by atoms with Crippen LogP contribution >= 0.6 is 0 Å². The van der Waals surface area contributed by atoms with Gasteiger partial charge in [-0.05, 0) is 60.7 Å². The molecular formula is C16H28O. The Hall–Kier alpha value is -0.0400. The second-order valence-corrected chi connectivity index (χ2v) is 7.73. The highest BCUT2D eigenvalue weighted by atomic mass is 16.3. The molecule has 0 aliphatic heterocycles. The van der Waals surface area contributed by atoms with E-state index in [0.717, 1.165) is 18.3 Å². The number of aliphatic hydroxyl groups excluding tert-OH is 1. The minimum absolute atomic E-state index is 0.000671. The minimum atomic E-state index is 0.000671. The number of aliphatic hydroxyl groups is 1. The van der Waals surface area contributed by atoms with Gasteiger partial charge in [0.15, 0.2) is 0 Å². The molecule has 0 saturated heterocycles. The summed E-state index contributed by atoms with van der Waals surface area (Å²) in [7, 11) is 0. The van der Waals surface area contributed by atoms with Crippen LogP contribution in [-0.2, 0) is 0 Å². The van der Waals surface area contributed by atoms with Gasteiger partial charge in [0.05, 0.1) is 6.10 Å². The van der Waals surface area contributed by atoms with Crippen molar-refractivity contribution >= 4 is 0 Å². The Morgan fingerprint density at radius 2 is 1.71 bits per heavy atom. The van der Waals surface area contributed by atoms with E-state index in [1.165, 1.54) is 38.5 Å². The SMILES string of the molecule is CC1(C)[C@@H]2CC[C@@]1(C)[C@H](C1CCCCC1O)C2. The maximum absolute atomic E-state index is 10.3. The van der Waals surface area contributed by atoms with Gasteiger partial charge in [-0.2, -0.15) is 0 Å². The maximum atomic E-state index is 10.3. The van der Waals surface area contributed by atoms with E-state index in [1.54, 1.807) is 0 Å². The highest BCUT2D eigenvalue weighted by Gasteiger charge is 2.63. The smallest absolute Gasteiger partial charge is 0.0571 e. The van der Waals surface area contributed by atoms with Gasteiger partial charge in [-0.3, -0.25) is 0 Å². The van der Waals surface area contributed by atoms with Crippen molar-refractivity contribution in [3.63, 3.8) is 0 Å². The molecule has 0 aromatic rings. The Bertz CT molecular complexity index is 309. The van der Waals surface area contributed by atoms with Gasteiger partial charge in [-0.1, -0.05) is 33.6 Å². The van der Waals surface area contributed by atoms with Crippen LogP contribution in [0.5, 0.6) is 0 Å². The molecule has 17 heavy (non-hydrogen) atoms. The van der Waals surface area contributed by atoms with E-state index < -0.39 is 0 Å². The molecule has 0 radical (unpaired) electrons. The van der Waals surface area contributed by atoms with Crippen LogP contribution in [0.3, 0.4) is 0 Å². The first-order chi connectivity index (χ1) is 7.97. The summed E-state index contributed by atoms with van der Waals surface area (Å²) in [5.74, 6) is 2.33. The van der Waals surface area contributed by atoms with Crippen LogP contribution in [0, 0.1) is 28.6 Å². The molecule has 2 bridgehead atoms. The highest BCUT2D eigenvalue weighted by molar-refractivity contribution is 5.12. The Labute approximate surface area is 106 Å². The molecule has 0 aromatic carbocycles. The molecule has 3 fully saturated rings. The monoisotopic (exact) mass is 236 g/mol. The Kier molecular flexibility index (Phi) is 2.63. The third-order valence-corrected chi connectivity index (χ3v) is 7.16. The summed E-state index contributed by atoms with van der Waals surface area (Å²) in [4.78, 5) is 0. The van der Waals surface area contributed by atoms with Gasteiger partial charge in [-0.15, -0.1) is 0 Å². The van der Waals surface area contributed by atoms with Crippen molar-refractivity contribution in [2.45, 2.75) is 71.8 Å². The lowest BCUT2D eigenvalue weighted by Gasteiger charge is -2.45. The van der Waals surface area contributed by atoms with E-state index in [0.29, 0.717) is 16.7 Å². The van der Waals surface area contributed by atoms with E-state index in [-0.39, 0.29) is 6.10 Å². The van der Waals surface area contributed by atoms with E-state index in [9.17, 15) is 5.11 Å². The van der Waals surface area contributed by atoms with Crippen molar-refractivity contribution in [2.75, 3.05) is 0 Å². The van der Waals surface area contributed by atoms with Crippen molar-refractivity contribution in [1.82, 2.24) is 0 Å². The molecule has 5 atom stereocenters. The topological polar surface area (TPSA) is 20.2 Å². The lowest BCUT2D eigenvalue weighted by Crippen LogP contribution is -2.41. The van der Waals surface area contributed by atoms with Crippen LogP contribution in [0.4, 0.5) is 0 Å².